The number of carboxylic acids is 1. The van der Waals surface area contributed by atoms with Crippen LogP contribution in [0.1, 0.15) is 30.9 Å². The third kappa shape index (κ3) is 3.35. The summed E-state index contributed by atoms with van der Waals surface area (Å²) in [7, 11) is 3.15. The van der Waals surface area contributed by atoms with E-state index in [1.165, 1.54) is 19.3 Å². The van der Waals surface area contributed by atoms with Gasteiger partial charge in [0.25, 0.3) is 0 Å². The van der Waals surface area contributed by atoms with Crippen molar-refractivity contribution in [3.63, 3.8) is 0 Å². The first-order valence-corrected chi connectivity index (χ1v) is 8.57. The second-order valence-electron chi connectivity index (χ2n) is 6.55. The Hall–Kier alpha value is -1.79. The number of likely N-dealkylation sites (tertiary alicyclic amines) is 2. The Bertz CT molecular complexity index is 580. The molecule has 0 amide bonds. The van der Waals surface area contributed by atoms with Crippen molar-refractivity contribution in [2.45, 2.75) is 31.3 Å². The fourth-order valence-electron chi connectivity index (χ4n) is 3.75. The Morgan fingerprint density at radius 1 is 1.17 bits per heavy atom. The molecule has 2 saturated heterocycles. The molecule has 24 heavy (non-hydrogen) atoms. The summed E-state index contributed by atoms with van der Waals surface area (Å²) in [6.45, 7) is 3.85. The molecule has 0 aromatic heterocycles. The van der Waals surface area contributed by atoms with Gasteiger partial charge in [-0.05, 0) is 44.1 Å². The van der Waals surface area contributed by atoms with E-state index in [4.69, 9.17) is 9.47 Å². The van der Waals surface area contributed by atoms with Gasteiger partial charge >= 0.3 is 5.97 Å². The van der Waals surface area contributed by atoms with Crippen LogP contribution in [0.4, 0.5) is 0 Å². The quantitative estimate of drug-likeness (QED) is 0.858. The van der Waals surface area contributed by atoms with Gasteiger partial charge in [-0.1, -0.05) is 6.42 Å². The predicted molar refractivity (Wildman–Crippen MR) is 90.7 cm³/mol. The van der Waals surface area contributed by atoms with Gasteiger partial charge in [0, 0.05) is 24.7 Å². The van der Waals surface area contributed by atoms with Gasteiger partial charge in [0.15, 0.2) is 0 Å². The van der Waals surface area contributed by atoms with Crippen LogP contribution in [-0.2, 0) is 4.79 Å². The monoisotopic (exact) mass is 334 g/mol. The molecule has 2 fully saturated rings. The number of hydrogen-bond donors (Lipinski definition) is 1. The van der Waals surface area contributed by atoms with E-state index < -0.39 is 12.0 Å². The molecule has 6 nitrogen and oxygen atoms in total. The Balaban J connectivity index is 1.75. The Morgan fingerprint density at radius 2 is 1.88 bits per heavy atom. The second kappa shape index (κ2) is 7.40. The van der Waals surface area contributed by atoms with Gasteiger partial charge in [0.2, 0.25) is 0 Å². The number of rotatable bonds is 6. The van der Waals surface area contributed by atoms with E-state index in [0.717, 1.165) is 26.2 Å². The normalized spacial score (nSPS) is 21.1. The molecule has 1 aromatic carbocycles. The molecule has 0 spiro atoms. The van der Waals surface area contributed by atoms with Crippen LogP contribution in [0, 0.1) is 0 Å². The molecule has 0 aliphatic carbocycles. The van der Waals surface area contributed by atoms with Crippen molar-refractivity contribution < 1.29 is 19.4 Å². The van der Waals surface area contributed by atoms with Crippen LogP contribution in [0.25, 0.3) is 0 Å². The number of methoxy groups -OCH3 is 2. The summed E-state index contributed by atoms with van der Waals surface area (Å²) >= 11 is 0. The smallest absolute Gasteiger partial charge is 0.325 e. The number of carboxylic acid groups (broad SMARTS) is 1. The van der Waals surface area contributed by atoms with E-state index in [2.05, 4.69) is 4.90 Å². The van der Waals surface area contributed by atoms with E-state index >= 15 is 0 Å². The fraction of sp³-hybridized carbons (Fsp3) is 0.611. The molecule has 6 heteroatoms. The average Bonchev–Trinajstić information content (AvgIpc) is 2.57. The van der Waals surface area contributed by atoms with Crippen LogP contribution in [0.2, 0.25) is 0 Å². The lowest BCUT2D eigenvalue weighted by atomic mass is 9.96. The van der Waals surface area contributed by atoms with Crippen LogP contribution in [0.3, 0.4) is 0 Å². The molecule has 1 unspecified atom stereocenters. The van der Waals surface area contributed by atoms with E-state index in [1.807, 2.05) is 4.90 Å². The maximum absolute atomic E-state index is 11.9. The van der Waals surface area contributed by atoms with Crippen molar-refractivity contribution in [2.24, 2.45) is 0 Å². The number of piperidine rings is 1. The van der Waals surface area contributed by atoms with Gasteiger partial charge in [0.1, 0.15) is 17.5 Å². The van der Waals surface area contributed by atoms with Gasteiger partial charge in [-0.2, -0.15) is 0 Å². The highest BCUT2D eigenvalue weighted by atomic mass is 16.5. The van der Waals surface area contributed by atoms with E-state index in [0.29, 0.717) is 23.1 Å². The van der Waals surface area contributed by atoms with Crippen LogP contribution >= 0.6 is 0 Å². The maximum Gasteiger partial charge on any atom is 0.325 e. The molecular weight excluding hydrogens is 308 g/mol. The largest absolute Gasteiger partial charge is 0.497 e. The number of benzene rings is 1. The molecule has 3 rings (SSSR count). The third-order valence-electron chi connectivity index (χ3n) is 5.13. The lowest BCUT2D eigenvalue weighted by Gasteiger charge is -2.48. The van der Waals surface area contributed by atoms with Crippen molar-refractivity contribution >= 4 is 5.97 Å². The van der Waals surface area contributed by atoms with Crippen LogP contribution in [0.5, 0.6) is 11.5 Å². The summed E-state index contributed by atoms with van der Waals surface area (Å²) in [5.41, 5.74) is 0.654. The van der Waals surface area contributed by atoms with Gasteiger partial charge < -0.3 is 14.6 Å². The van der Waals surface area contributed by atoms with Crippen molar-refractivity contribution in [3.05, 3.63) is 23.8 Å². The third-order valence-corrected chi connectivity index (χ3v) is 5.13. The van der Waals surface area contributed by atoms with E-state index in [1.54, 1.807) is 32.4 Å². The number of carbonyl (C=O) groups is 1. The Labute approximate surface area is 143 Å². The zero-order chi connectivity index (χ0) is 17.1. The van der Waals surface area contributed by atoms with Gasteiger partial charge in [-0.25, -0.2) is 0 Å². The minimum absolute atomic E-state index is 0.476. The predicted octanol–water partition coefficient (Wildman–Crippen LogP) is 2.00. The molecule has 1 N–H and O–H groups in total. The molecule has 1 aromatic rings. The van der Waals surface area contributed by atoms with Gasteiger partial charge in [-0.3, -0.25) is 14.6 Å². The molecule has 132 valence electrons. The molecule has 2 aliphatic heterocycles. The summed E-state index contributed by atoms with van der Waals surface area (Å²) in [6.07, 6.45) is 3.82. The zero-order valence-electron chi connectivity index (χ0n) is 14.4. The number of ether oxygens (including phenoxy) is 2. The first-order valence-electron chi connectivity index (χ1n) is 8.57. The molecule has 0 saturated carbocycles. The lowest BCUT2D eigenvalue weighted by molar-refractivity contribution is -0.147. The molecule has 2 aliphatic rings. The summed E-state index contributed by atoms with van der Waals surface area (Å²) in [6, 6.07) is 5.10. The summed E-state index contributed by atoms with van der Waals surface area (Å²) in [4.78, 5) is 16.4. The first-order chi connectivity index (χ1) is 11.6. The minimum Gasteiger partial charge on any atom is -0.497 e. The van der Waals surface area contributed by atoms with Crippen molar-refractivity contribution in [3.8, 4) is 11.5 Å². The standard InChI is InChI=1S/C18H26N2O4/c1-23-14-6-7-16(24-2)15(10-14)17(18(21)22)20-11-13(12-20)19-8-4-3-5-9-19/h6-7,10,13,17H,3-5,8-9,11-12H2,1-2H3,(H,21,22). The second-order valence-corrected chi connectivity index (χ2v) is 6.55. The fourth-order valence-corrected chi connectivity index (χ4v) is 3.75. The summed E-state index contributed by atoms with van der Waals surface area (Å²) in [5, 5.41) is 9.79. The van der Waals surface area contributed by atoms with E-state index in [9.17, 15) is 9.90 Å². The van der Waals surface area contributed by atoms with Crippen molar-refractivity contribution in [1.82, 2.24) is 9.80 Å². The number of aliphatic carboxylic acids is 1. The highest BCUT2D eigenvalue weighted by Gasteiger charge is 2.41. The average molecular weight is 334 g/mol. The topological polar surface area (TPSA) is 62.2 Å². The highest BCUT2D eigenvalue weighted by Crippen LogP contribution is 2.36. The van der Waals surface area contributed by atoms with Gasteiger partial charge in [-0.15, -0.1) is 0 Å². The summed E-state index contributed by atoms with van der Waals surface area (Å²) < 4.78 is 10.6. The number of nitrogens with zero attached hydrogens (tertiary/aromatic N) is 2. The van der Waals surface area contributed by atoms with Crippen molar-refractivity contribution in [2.75, 3.05) is 40.4 Å². The molecule has 2 heterocycles. The number of hydrogen-bond acceptors (Lipinski definition) is 5. The minimum atomic E-state index is -0.848. The maximum atomic E-state index is 11.9. The van der Waals surface area contributed by atoms with Crippen LogP contribution in [0.15, 0.2) is 18.2 Å². The lowest BCUT2D eigenvalue weighted by Crippen LogP contribution is -2.61. The Morgan fingerprint density at radius 3 is 2.46 bits per heavy atom. The SMILES string of the molecule is COc1ccc(OC)c(C(C(=O)O)N2CC(N3CCCCC3)C2)c1. The summed E-state index contributed by atoms with van der Waals surface area (Å²) in [5.74, 6) is 0.383. The van der Waals surface area contributed by atoms with Crippen LogP contribution < -0.4 is 9.47 Å². The zero-order valence-corrected chi connectivity index (χ0v) is 14.4. The van der Waals surface area contributed by atoms with Gasteiger partial charge in [0.05, 0.1) is 14.2 Å². The molecule has 0 radical (unpaired) electrons. The molecule has 1 atom stereocenters. The Kier molecular flexibility index (Phi) is 5.26. The molecular formula is C18H26N2O4. The van der Waals surface area contributed by atoms with Crippen LogP contribution in [-0.4, -0.2) is 67.3 Å². The van der Waals surface area contributed by atoms with Crippen molar-refractivity contribution in [1.29, 1.82) is 0 Å². The first kappa shape index (κ1) is 17.0. The molecule has 0 bridgehead atoms. The van der Waals surface area contributed by atoms with E-state index in [-0.39, 0.29) is 0 Å². The highest BCUT2D eigenvalue weighted by molar-refractivity contribution is 5.77.